The molecule has 0 aromatic heterocycles. The first-order chi connectivity index (χ1) is 3.68. The van der Waals surface area contributed by atoms with Gasteiger partial charge in [-0.15, -0.1) is 0 Å². The predicted molar refractivity (Wildman–Crippen MR) is 28.9 cm³/mol. The van der Waals surface area contributed by atoms with E-state index in [4.69, 9.17) is 16.6 Å². The van der Waals surface area contributed by atoms with Gasteiger partial charge in [-0.1, -0.05) is 0 Å². The van der Waals surface area contributed by atoms with E-state index in [1.165, 1.54) is 0 Å². The average Bonchev–Trinajstić information content (AvgIpc) is 1.67. The number of hydrogen-bond acceptors (Lipinski definition) is 3. The minimum absolute atomic E-state index is 0. The molecule has 0 saturated carbocycles. The van der Waals surface area contributed by atoms with E-state index in [0.717, 1.165) is 0 Å². The van der Waals surface area contributed by atoms with Crippen LogP contribution in [0.1, 0.15) is 6.42 Å². The van der Waals surface area contributed by atoms with E-state index in [9.17, 15) is 4.79 Å². The molecule has 5 N–H and O–H groups in total. The van der Waals surface area contributed by atoms with Gasteiger partial charge in [0.05, 0.1) is 6.04 Å². The SMILES string of the molecule is NC(=O)C(N)CCO.[V]. The molecule has 0 aliphatic heterocycles. The standard InChI is InChI=1S/C4H10N2O2.V/c5-3(1-2-7)4(6)8;/h3,7H,1-2,5H2,(H2,6,8);. The summed E-state index contributed by atoms with van der Waals surface area (Å²) in [6.45, 7) is -0.0931. The van der Waals surface area contributed by atoms with E-state index < -0.39 is 11.9 Å². The fourth-order valence-corrected chi connectivity index (χ4v) is 0.281. The van der Waals surface area contributed by atoms with Gasteiger partial charge in [-0.3, -0.25) is 4.79 Å². The zero-order chi connectivity index (χ0) is 6.57. The molecule has 0 spiro atoms. The largest absolute Gasteiger partial charge is 0.396 e. The number of rotatable bonds is 3. The molecule has 0 saturated heterocycles. The van der Waals surface area contributed by atoms with E-state index in [-0.39, 0.29) is 31.6 Å². The van der Waals surface area contributed by atoms with Crippen molar-refractivity contribution in [2.45, 2.75) is 12.5 Å². The fourth-order valence-electron chi connectivity index (χ4n) is 0.281. The second-order valence-corrected chi connectivity index (χ2v) is 1.52. The van der Waals surface area contributed by atoms with Crippen molar-refractivity contribution in [2.24, 2.45) is 11.5 Å². The van der Waals surface area contributed by atoms with Crippen molar-refractivity contribution < 1.29 is 28.5 Å². The third-order valence-corrected chi connectivity index (χ3v) is 0.806. The van der Waals surface area contributed by atoms with Crippen LogP contribution >= 0.6 is 0 Å². The summed E-state index contributed by atoms with van der Waals surface area (Å²) in [5, 5.41) is 8.20. The average molecular weight is 169 g/mol. The van der Waals surface area contributed by atoms with Crippen LogP contribution in [-0.4, -0.2) is 23.7 Å². The van der Waals surface area contributed by atoms with Crippen molar-refractivity contribution in [1.82, 2.24) is 0 Å². The Morgan fingerprint density at radius 1 is 1.67 bits per heavy atom. The molecule has 4 nitrogen and oxygen atoms in total. The molecular formula is C4H10N2O2V. The molecule has 1 unspecified atom stereocenters. The van der Waals surface area contributed by atoms with Crippen LogP contribution in [0.2, 0.25) is 0 Å². The minimum Gasteiger partial charge on any atom is -0.396 e. The van der Waals surface area contributed by atoms with Gasteiger partial charge in [0, 0.05) is 25.2 Å². The third kappa shape index (κ3) is 5.85. The Balaban J connectivity index is 0. The molecule has 0 bridgehead atoms. The Labute approximate surface area is 65.5 Å². The maximum atomic E-state index is 10.1. The van der Waals surface area contributed by atoms with E-state index in [2.05, 4.69) is 0 Å². The summed E-state index contributed by atoms with van der Waals surface area (Å²) in [6, 6.07) is -0.694. The van der Waals surface area contributed by atoms with Crippen molar-refractivity contribution in [3.8, 4) is 0 Å². The predicted octanol–water partition coefficient (Wildman–Crippen LogP) is -1.82. The summed E-state index contributed by atoms with van der Waals surface area (Å²) in [5.74, 6) is -0.570. The van der Waals surface area contributed by atoms with Crippen LogP contribution in [0.25, 0.3) is 0 Å². The fraction of sp³-hybridized carbons (Fsp3) is 0.750. The molecule has 1 amide bonds. The van der Waals surface area contributed by atoms with Crippen LogP contribution in [0.3, 0.4) is 0 Å². The molecule has 5 heteroatoms. The Morgan fingerprint density at radius 3 is 2.22 bits per heavy atom. The number of nitrogens with two attached hydrogens (primary N) is 2. The Hall–Kier alpha value is -0.0256. The summed E-state index contributed by atoms with van der Waals surface area (Å²) in [6.07, 6.45) is 0.245. The molecule has 1 atom stereocenters. The van der Waals surface area contributed by atoms with Crippen molar-refractivity contribution in [1.29, 1.82) is 0 Å². The van der Waals surface area contributed by atoms with Gasteiger partial charge in [0.15, 0.2) is 0 Å². The summed E-state index contributed by atoms with van der Waals surface area (Å²) in [4.78, 5) is 10.1. The molecule has 0 aliphatic carbocycles. The van der Waals surface area contributed by atoms with Crippen LogP contribution in [0.4, 0.5) is 0 Å². The van der Waals surface area contributed by atoms with Gasteiger partial charge >= 0.3 is 0 Å². The molecule has 0 aromatic rings. The van der Waals surface area contributed by atoms with Crippen molar-refractivity contribution in [3.63, 3.8) is 0 Å². The molecule has 0 aliphatic rings. The zero-order valence-corrected chi connectivity index (χ0v) is 6.35. The first kappa shape index (κ1) is 11.7. The van der Waals surface area contributed by atoms with E-state index in [1.54, 1.807) is 0 Å². The van der Waals surface area contributed by atoms with Crippen molar-refractivity contribution in [2.75, 3.05) is 6.61 Å². The Kier molecular flexibility index (Phi) is 7.95. The zero-order valence-electron chi connectivity index (χ0n) is 4.95. The van der Waals surface area contributed by atoms with Crippen LogP contribution < -0.4 is 11.5 Å². The van der Waals surface area contributed by atoms with Crippen molar-refractivity contribution >= 4 is 5.91 Å². The van der Waals surface area contributed by atoms with E-state index in [1.807, 2.05) is 0 Å². The number of hydrogen-bond donors (Lipinski definition) is 3. The number of aliphatic hydroxyl groups is 1. The van der Waals surface area contributed by atoms with Gasteiger partial charge in [-0.05, 0) is 6.42 Å². The second-order valence-electron chi connectivity index (χ2n) is 1.52. The molecule has 0 fully saturated rings. The van der Waals surface area contributed by atoms with Crippen LogP contribution in [0.5, 0.6) is 0 Å². The second kappa shape index (κ2) is 6.10. The number of primary amides is 1. The first-order valence-electron chi connectivity index (χ1n) is 2.34. The molecule has 0 rings (SSSR count). The maximum Gasteiger partial charge on any atom is 0.234 e. The van der Waals surface area contributed by atoms with Crippen molar-refractivity contribution in [3.05, 3.63) is 0 Å². The molecule has 0 aromatic carbocycles. The quantitative estimate of drug-likeness (QED) is 0.464. The summed E-state index contributed by atoms with van der Waals surface area (Å²) in [5.41, 5.74) is 9.84. The van der Waals surface area contributed by atoms with Crippen LogP contribution in [-0.2, 0) is 23.4 Å². The summed E-state index contributed by atoms with van der Waals surface area (Å²) < 4.78 is 0. The smallest absolute Gasteiger partial charge is 0.234 e. The number of carbonyl (C=O) groups is 1. The normalized spacial score (nSPS) is 11.8. The summed E-state index contributed by atoms with van der Waals surface area (Å²) >= 11 is 0. The monoisotopic (exact) mass is 169 g/mol. The third-order valence-electron chi connectivity index (χ3n) is 0.806. The first-order valence-corrected chi connectivity index (χ1v) is 2.34. The minimum atomic E-state index is -0.694. The van der Waals surface area contributed by atoms with Gasteiger partial charge in [0.1, 0.15) is 0 Å². The summed E-state index contributed by atoms with van der Waals surface area (Å²) in [7, 11) is 0. The topological polar surface area (TPSA) is 89.3 Å². The molecule has 9 heavy (non-hydrogen) atoms. The number of aliphatic hydroxyl groups excluding tert-OH is 1. The molecule has 1 radical (unpaired) electrons. The molecule has 0 heterocycles. The van der Waals surface area contributed by atoms with Gasteiger partial charge in [0.25, 0.3) is 0 Å². The van der Waals surface area contributed by atoms with Crippen LogP contribution in [0.15, 0.2) is 0 Å². The Morgan fingerprint density at radius 2 is 2.11 bits per heavy atom. The number of carbonyl (C=O) groups excluding carboxylic acids is 1. The molecular weight excluding hydrogens is 159 g/mol. The van der Waals surface area contributed by atoms with Crippen LogP contribution in [0, 0.1) is 0 Å². The van der Waals surface area contributed by atoms with Gasteiger partial charge < -0.3 is 16.6 Å². The van der Waals surface area contributed by atoms with E-state index in [0.29, 0.717) is 0 Å². The van der Waals surface area contributed by atoms with E-state index >= 15 is 0 Å². The molecule has 53 valence electrons. The maximum absolute atomic E-state index is 10.1. The Bertz CT molecular complexity index is 88.6. The van der Waals surface area contributed by atoms with Gasteiger partial charge in [0.2, 0.25) is 5.91 Å². The van der Waals surface area contributed by atoms with Gasteiger partial charge in [-0.25, -0.2) is 0 Å². The van der Waals surface area contributed by atoms with Gasteiger partial charge in [-0.2, -0.15) is 0 Å². The number of amides is 1.